The largest absolute Gasteiger partial charge is 0.478 e. The number of nitrogens with zero attached hydrogens (tertiary/aromatic N) is 1. The van der Waals surface area contributed by atoms with E-state index in [4.69, 9.17) is 5.11 Å². The molecule has 0 aromatic rings. The molecular formula is C11H20N2O2. The molecule has 0 aliphatic carbocycles. The third-order valence-corrected chi connectivity index (χ3v) is 2.68. The van der Waals surface area contributed by atoms with Crippen molar-refractivity contribution in [3.8, 4) is 0 Å². The number of carboxylic acids is 1. The van der Waals surface area contributed by atoms with Gasteiger partial charge in [-0.05, 0) is 25.9 Å². The molecule has 4 nitrogen and oxygen atoms in total. The summed E-state index contributed by atoms with van der Waals surface area (Å²) in [7, 11) is 0. The van der Waals surface area contributed by atoms with Gasteiger partial charge in [0.25, 0.3) is 0 Å². The molecule has 1 fully saturated rings. The van der Waals surface area contributed by atoms with Crippen LogP contribution in [0.5, 0.6) is 0 Å². The van der Waals surface area contributed by atoms with Crippen LogP contribution in [0.2, 0.25) is 0 Å². The van der Waals surface area contributed by atoms with Gasteiger partial charge in [-0.1, -0.05) is 13.0 Å². The van der Waals surface area contributed by atoms with Crippen LogP contribution in [0.25, 0.3) is 0 Å². The van der Waals surface area contributed by atoms with E-state index in [1.165, 1.54) is 0 Å². The van der Waals surface area contributed by atoms with Crippen molar-refractivity contribution in [2.75, 3.05) is 32.7 Å². The Morgan fingerprint density at radius 2 is 2.27 bits per heavy atom. The molecule has 0 radical (unpaired) electrons. The molecule has 0 aromatic carbocycles. The van der Waals surface area contributed by atoms with Gasteiger partial charge in [-0.15, -0.1) is 0 Å². The van der Waals surface area contributed by atoms with E-state index < -0.39 is 5.97 Å². The van der Waals surface area contributed by atoms with Crippen LogP contribution < -0.4 is 5.32 Å². The summed E-state index contributed by atoms with van der Waals surface area (Å²) in [5.41, 5.74) is 0.521. The Balaban J connectivity index is 2.41. The van der Waals surface area contributed by atoms with Gasteiger partial charge in [0.1, 0.15) is 0 Å². The molecule has 1 heterocycles. The summed E-state index contributed by atoms with van der Waals surface area (Å²) in [5.74, 6) is -0.787. The number of hydrogen-bond acceptors (Lipinski definition) is 3. The summed E-state index contributed by atoms with van der Waals surface area (Å²) in [6.07, 6.45) is 3.58. The van der Waals surface area contributed by atoms with Gasteiger partial charge in [-0.25, -0.2) is 4.79 Å². The van der Waals surface area contributed by atoms with Gasteiger partial charge in [0.15, 0.2) is 0 Å². The van der Waals surface area contributed by atoms with E-state index in [0.29, 0.717) is 12.0 Å². The summed E-state index contributed by atoms with van der Waals surface area (Å²) in [6, 6.07) is 0. The normalized spacial score (nSPS) is 19.9. The summed E-state index contributed by atoms with van der Waals surface area (Å²) in [6.45, 7) is 6.77. The Kier molecular flexibility index (Phi) is 5.36. The maximum Gasteiger partial charge on any atom is 0.331 e. The standard InChI is InChI=1S/C11H20N2O2/c1-2-10(11(14)15)4-8-13-7-3-5-12-6-9-13/h4,12H,2-3,5-9H2,1H3,(H,14,15). The fraction of sp³-hybridized carbons (Fsp3) is 0.727. The third-order valence-electron chi connectivity index (χ3n) is 2.68. The van der Waals surface area contributed by atoms with E-state index >= 15 is 0 Å². The van der Waals surface area contributed by atoms with Crippen LogP contribution in [0.4, 0.5) is 0 Å². The predicted octanol–water partition coefficient (Wildman–Crippen LogP) is 0.703. The van der Waals surface area contributed by atoms with Crippen molar-refractivity contribution in [2.45, 2.75) is 19.8 Å². The quantitative estimate of drug-likeness (QED) is 0.674. The zero-order valence-corrected chi connectivity index (χ0v) is 9.33. The van der Waals surface area contributed by atoms with Crippen molar-refractivity contribution in [1.82, 2.24) is 10.2 Å². The van der Waals surface area contributed by atoms with E-state index in [1.54, 1.807) is 0 Å². The second kappa shape index (κ2) is 6.58. The van der Waals surface area contributed by atoms with Crippen LogP contribution in [0.3, 0.4) is 0 Å². The lowest BCUT2D eigenvalue weighted by atomic mass is 10.2. The Labute approximate surface area is 91.0 Å². The minimum atomic E-state index is -0.787. The molecule has 1 rings (SSSR count). The highest BCUT2D eigenvalue weighted by Crippen LogP contribution is 2.02. The first-order valence-electron chi connectivity index (χ1n) is 5.59. The van der Waals surface area contributed by atoms with E-state index in [-0.39, 0.29) is 0 Å². The monoisotopic (exact) mass is 212 g/mol. The van der Waals surface area contributed by atoms with Crippen LogP contribution in [0, 0.1) is 0 Å². The van der Waals surface area contributed by atoms with Crippen LogP contribution in [-0.2, 0) is 4.79 Å². The highest BCUT2D eigenvalue weighted by Gasteiger charge is 2.08. The number of carboxylic acid groups (broad SMARTS) is 1. The fourth-order valence-electron chi connectivity index (χ4n) is 1.71. The molecule has 2 N–H and O–H groups in total. The minimum absolute atomic E-state index is 0.521. The lowest BCUT2D eigenvalue weighted by Gasteiger charge is -2.17. The van der Waals surface area contributed by atoms with Gasteiger partial charge in [-0.2, -0.15) is 0 Å². The number of nitrogens with one attached hydrogen (secondary N) is 1. The molecule has 15 heavy (non-hydrogen) atoms. The average molecular weight is 212 g/mol. The molecule has 86 valence electrons. The molecule has 4 heteroatoms. The van der Waals surface area contributed by atoms with Crippen molar-refractivity contribution >= 4 is 5.97 Å². The molecular weight excluding hydrogens is 192 g/mol. The molecule has 0 atom stereocenters. The predicted molar refractivity (Wildman–Crippen MR) is 59.9 cm³/mol. The number of carbonyl (C=O) groups is 1. The molecule has 1 aliphatic rings. The second-order valence-electron chi connectivity index (χ2n) is 3.79. The third kappa shape index (κ3) is 4.44. The van der Waals surface area contributed by atoms with Crippen LogP contribution in [0.1, 0.15) is 19.8 Å². The Morgan fingerprint density at radius 1 is 1.47 bits per heavy atom. The molecule has 1 aliphatic heterocycles. The second-order valence-corrected chi connectivity index (χ2v) is 3.79. The van der Waals surface area contributed by atoms with Gasteiger partial charge >= 0.3 is 5.97 Å². The lowest BCUT2D eigenvalue weighted by molar-refractivity contribution is -0.132. The van der Waals surface area contributed by atoms with Crippen LogP contribution in [0.15, 0.2) is 11.6 Å². The van der Waals surface area contributed by atoms with Crippen molar-refractivity contribution in [3.05, 3.63) is 11.6 Å². The van der Waals surface area contributed by atoms with Crippen LogP contribution in [-0.4, -0.2) is 48.7 Å². The number of aliphatic carboxylic acids is 1. The zero-order valence-electron chi connectivity index (χ0n) is 9.33. The molecule has 0 aromatic heterocycles. The summed E-state index contributed by atoms with van der Waals surface area (Å²) < 4.78 is 0. The lowest BCUT2D eigenvalue weighted by Crippen LogP contribution is -2.28. The fourth-order valence-corrected chi connectivity index (χ4v) is 1.71. The SMILES string of the molecule is CCC(=CCN1CCCNCC1)C(=O)O. The van der Waals surface area contributed by atoms with Crippen molar-refractivity contribution in [2.24, 2.45) is 0 Å². The van der Waals surface area contributed by atoms with Crippen molar-refractivity contribution in [3.63, 3.8) is 0 Å². The minimum Gasteiger partial charge on any atom is -0.478 e. The summed E-state index contributed by atoms with van der Waals surface area (Å²) in [5, 5.41) is 12.2. The highest BCUT2D eigenvalue weighted by molar-refractivity contribution is 5.86. The summed E-state index contributed by atoms with van der Waals surface area (Å²) >= 11 is 0. The molecule has 1 saturated heterocycles. The molecule has 0 amide bonds. The van der Waals surface area contributed by atoms with Gasteiger partial charge in [0, 0.05) is 25.2 Å². The highest BCUT2D eigenvalue weighted by atomic mass is 16.4. The first-order chi connectivity index (χ1) is 7.24. The van der Waals surface area contributed by atoms with Crippen molar-refractivity contribution < 1.29 is 9.90 Å². The van der Waals surface area contributed by atoms with Gasteiger partial charge < -0.3 is 10.4 Å². The smallest absolute Gasteiger partial charge is 0.331 e. The maximum absolute atomic E-state index is 10.8. The van der Waals surface area contributed by atoms with E-state index in [1.807, 2.05) is 13.0 Å². The average Bonchev–Trinajstić information content (AvgIpc) is 2.46. The first kappa shape index (κ1) is 12.2. The zero-order chi connectivity index (χ0) is 11.1. The molecule has 0 spiro atoms. The Hall–Kier alpha value is -0.870. The molecule has 0 saturated carbocycles. The van der Waals surface area contributed by atoms with E-state index in [0.717, 1.165) is 39.1 Å². The van der Waals surface area contributed by atoms with Gasteiger partial charge in [-0.3, -0.25) is 4.90 Å². The van der Waals surface area contributed by atoms with Gasteiger partial charge in [0.05, 0.1) is 0 Å². The Bertz CT molecular complexity index is 231. The van der Waals surface area contributed by atoms with Crippen LogP contribution >= 0.6 is 0 Å². The van der Waals surface area contributed by atoms with E-state index in [2.05, 4.69) is 10.2 Å². The molecule has 0 bridgehead atoms. The number of rotatable bonds is 4. The van der Waals surface area contributed by atoms with Gasteiger partial charge in [0.2, 0.25) is 0 Å². The maximum atomic E-state index is 10.8. The topological polar surface area (TPSA) is 52.6 Å². The summed E-state index contributed by atoms with van der Waals surface area (Å²) in [4.78, 5) is 13.1. The Morgan fingerprint density at radius 3 is 2.93 bits per heavy atom. The first-order valence-corrected chi connectivity index (χ1v) is 5.59. The molecule has 0 unspecified atom stereocenters. The van der Waals surface area contributed by atoms with Crippen molar-refractivity contribution in [1.29, 1.82) is 0 Å². The number of hydrogen-bond donors (Lipinski definition) is 2. The van der Waals surface area contributed by atoms with E-state index in [9.17, 15) is 4.79 Å².